The third-order valence-electron chi connectivity index (χ3n) is 6.17. The number of hydrogen-bond acceptors (Lipinski definition) is 6. The van der Waals surface area contributed by atoms with Crippen molar-refractivity contribution in [3.05, 3.63) is 83.0 Å². The number of benzene rings is 2. The second-order valence-electron chi connectivity index (χ2n) is 9.36. The fourth-order valence-electron chi connectivity index (χ4n) is 4.03. The van der Waals surface area contributed by atoms with Crippen molar-refractivity contribution in [1.82, 2.24) is 20.0 Å². The second kappa shape index (κ2) is 12.2. The molecule has 0 spiro atoms. The van der Waals surface area contributed by atoms with Gasteiger partial charge in [0.2, 0.25) is 0 Å². The van der Waals surface area contributed by atoms with Gasteiger partial charge in [-0.3, -0.25) is 9.48 Å². The number of amides is 1. The molecule has 0 aliphatic rings. The van der Waals surface area contributed by atoms with Crippen LogP contribution in [0, 0.1) is 6.92 Å². The van der Waals surface area contributed by atoms with Gasteiger partial charge in [-0.1, -0.05) is 12.1 Å². The Labute approximate surface area is 222 Å². The van der Waals surface area contributed by atoms with Gasteiger partial charge in [-0.2, -0.15) is 5.10 Å². The van der Waals surface area contributed by atoms with Gasteiger partial charge in [0.15, 0.2) is 0 Å². The van der Waals surface area contributed by atoms with E-state index in [0.29, 0.717) is 24.5 Å². The summed E-state index contributed by atoms with van der Waals surface area (Å²) in [4.78, 5) is 16.5. The van der Waals surface area contributed by atoms with Gasteiger partial charge in [0, 0.05) is 28.7 Å². The Morgan fingerprint density at radius 2 is 1.97 bits per heavy atom. The summed E-state index contributed by atoms with van der Waals surface area (Å²) >= 11 is 1.68. The lowest BCUT2D eigenvalue weighted by atomic mass is 9.97. The van der Waals surface area contributed by atoms with Gasteiger partial charge in [-0.15, -0.1) is 11.3 Å². The Balaban J connectivity index is 1.58. The Morgan fingerprint density at radius 3 is 2.70 bits per heavy atom. The van der Waals surface area contributed by atoms with Crippen LogP contribution in [0.2, 0.25) is 0 Å². The molecule has 0 unspecified atom stereocenters. The highest BCUT2D eigenvalue weighted by Crippen LogP contribution is 2.33. The summed E-state index contributed by atoms with van der Waals surface area (Å²) in [5.41, 5.74) is 5.57. The SMILES string of the molecule is Cc1ccc(OCCN(C)C)cc1C(=O)N[C@H](C)c1cc(-c2cnn(CCO)c2)cc(-c2cccs2)c1. The molecule has 7 nitrogen and oxygen atoms in total. The molecule has 1 amide bonds. The third kappa shape index (κ3) is 6.85. The van der Waals surface area contributed by atoms with Gasteiger partial charge in [0.25, 0.3) is 5.91 Å². The van der Waals surface area contributed by atoms with Crippen molar-refractivity contribution in [2.24, 2.45) is 0 Å². The number of aromatic nitrogens is 2. The third-order valence-corrected chi connectivity index (χ3v) is 7.08. The Bertz CT molecular complexity index is 1330. The summed E-state index contributed by atoms with van der Waals surface area (Å²) in [6.45, 7) is 5.77. The molecule has 0 aliphatic carbocycles. The molecule has 2 N–H and O–H groups in total. The highest BCUT2D eigenvalue weighted by Gasteiger charge is 2.17. The van der Waals surface area contributed by atoms with E-state index in [9.17, 15) is 9.90 Å². The number of thiophene rings is 1. The first kappa shape index (κ1) is 26.6. The first-order valence-corrected chi connectivity index (χ1v) is 13.2. The minimum absolute atomic E-state index is 0.0337. The van der Waals surface area contributed by atoms with Crippen molar-refractivity contribution >= 4 is 17.2 Å². The summed E-state index contributed by atoms with van der Waals surface area (Å²) in [7, 11) is 4.00. The number of rotatable bonds is 11. The summed E-state index contributed by atoms with van der Waals surface area (Å²) in [5.74, 6) is 0.550. The zero-order valence-corrected chi connectivity index (χ0v) is 22.6. The van der Waals surface area contributed by atoms with Crippen LogP contribution in [0.1, 0.15) is 34.5 Å². The molecule has 4 rings (SSSR count). The van der Waals surface area contributed by atoms with Crippen LogP contribution in [0.25, 0.3) is 21.6 Å². The number of aliphatic hydroxyl groups is 1. The highest BCUT2D eigenvalue weighted by atomic mass is 32.1. The molecule has 8 heteroatoms. The van der Waals surface area contributed by atoms with Crippen molar-refractivity contribution < 1.29 is 14.6 Å². The number of hydrogen-bond donors (Lipinski definition) is 2. The van der Waals surface area contributed by atoms with E-state index >= 15 is 0 Å². The average Bonchev–Trinajstić information content (AvgIpc) is 3.57. The van der Waals surface area contributed by atoms with Gasteiger partial charge in [-0.25, -0.2) is 0 Å². The molecular formula is C29H34N4O3S. The molecule has 37 heavy (non-hydrogen) atoms. The van der Waals surface area contributed by atoms with E-state index in [0.717, 1.165) is 39.2 Å². The minimum Gasteiger partial charge on any atom is -0.492 e. The number of aliphatic hydroxyl groups excluding tert-OH is 1. The van der Waals surface area contributed by atoms with E-state index in [1.54, 1.807) is 22.2 Å². The van der Waals surface area contributed by atoms with E-state index in [4.69, 9.17) is 4.74 Å². The number of nitrogens with zero attached hydrogens (tertiary/aromatic N) is 3. The van der Waals surface area contributed by atoms with E-state index < -0.39 is 0 Å². The van der Waals surface area contributed by atoms with Gasteiger partial charge in [0.05, 0.1) is 25.4 Å². The predicted octanol–water partition coefficient (Wildman–Crippen LogP) is 5.01. The summed E-state index contributed by atoms with van der Waals surface area (Å²) in [6, 6.07) is 15.9. The van der Waals surface area contributed by atoms with E-state index in [-0.39, 0.29) is 18.6 Å². The topological polar surface area (TPSA) is 79.6 Å². The number of likely N-dealkylation sites (N-methyl/N-ethyl adjacent to an activating group) is 1. The van der Waals surface area contributed by atoms with Crippen LogP contribution >= 0.6 is 11.3 Å². The second-order valence-corrected chi connectivity index (χ2v) is 10.3. The molecule has 0 radical (unpaired) electrons. The lowest BCUT2D eigenvalue weighted by Crippen LogP contribution is -2.27. The lowest BCUT2D eigenvalue weighted by molar-refractivity contribution is 0.0938. The average molecular weight is 519 g/mol. The standard InChI is InChI=1S/C29H34N4O3S/c1-20-7-8-26(36-12-10-32(3)4)17-27(20)29(35)31-21(2)22-14-23(25-18-30-33(19-25)9-11-34)16-24(15-22)28-6-5-13-37-28/h5-8,13-19,21,34H,9-12H2,1-4H3,(H,31,35)/t21-/m1/s1. The summed E-state index contributed by atoms with van der Waals surface area (Å²) in [6.07, 6.45) is 3.74. The maximum atomic E-state index is 13.3. The zero-order chi connectivity index (χ0) is 26.4. The van der Waals surface area contributed by atoms with Crippen LogP contribution in [0.15, 0.2) is 66.3 Å². The molecule has 4 aromatic rings. The first-order chi connectivity index (χ1) is 17.8. The molecular weight excluding hydrogens is 484 g/mol. The molecule has 0 saturated heterocycles. The van der Waals surface area contributed by atoms with Crippen LogP contribution in [0.5, 0.6) is 5.75 Å². The molecule has 194 valence electrons. The number of carbonyl (C=O) groups excluding carboxylic acids is 1. The van der Waals surface area contributed by atoms with Crippen LogP contribution in [-0.2, 0) is 6.54 Å². The first-order valence-electron chi connectivity index (χ1n) is 12.4. The minimum atomic E-state index is -0.226. The molecule has 0 aliphatic heterocycles. The fourth-order valence-corrected chi connectivity index (χ4v) is 4.74. The van der Waals surface area contributed by atoms with Crippen LogP contribution in [-0.4, -0.2) is 59.5 Å². The monoisotopic (exact) mass is 518 g/mol. The predicted molar refractivity (Wildman–Crippen MR) is 149 cm³/mol. The Hall–Kier alpha value is -3.46. The lowest BCUT2D eigenvalue weighted by Gasteiger charge is -2.18. The van der Waals surface area contributed by atoms with Gasteiger partial charge >= 0.3 is 0 Å². The number of carbonyl (C=O) groups is 1. The largest absolute Gasteiger partial charge is 0.492 e. The molecule has 0 fully saturated rings. The highest BCUT2D eigenvalue weighted by molar-refractivity contribution is 7.13. The Kier molecular flexibility index (Phi) is 8.76. The molecule has 0 bridgehead atoms. The van der Waals surface area contributed by atoms with Crippen LogP contribution < -0.4 is 10.1 Å². The molecule has 2 aromatic carbocycles. The van der Waals surface area contributed by atoms with Gasteiger partial charge < -0.3 is 20.1 Å². The normalized spacial score (nSPS) is 12.1. The van der Waals surface area contributed by atoms with Crippen LogP contribution in [0.4, 0.5) is 0 Å². The van der Waals surface area contributed by atoms with E-state index in [2.05, 4.69) is 45.0 Å². The smallest absolute Gasteiger partial charge is 0.252 e. The quantitative estimate of drug-likeness (QED) is 0.292. The van der Waals surface area contributed by atoms with E-state index in [1.807, 2.05) is 58.4 Å². The number of nitrogens with one attached hydrogen (secondary N) is 1. The maximum absolute atomic E-state index is 13.3. The van der Waals surface area contributed by atoms with Crippen molar-refractivity contribution in [3.63, 3.8) is 0 Å². The fraction of sp³-hybridized carbons (Fsp3) is 0.310. The molecule has 1 atom stereocenters. The zero-order valence-electron chi connectivity index (χ0n) is 21.8. The number of ether oxygens (including phenoxy) is 1. The van der Waals surface area contributed by atoms with Gasteiger partial charge in [-0.05, 0) is 92.0 Å². The van der Waals surface area contributed by atoms with Crippen molar-refractivity contribution in [2.75, 3.05) is 33.9 Å². The van der Waals surface area contributed by atoms with Crippen LogP contribution in [0.3, 0.4) is 0 Å². The Morgan fingerprint density at radius 1 is 1.16 bits per heavy atom. The molecule has 2 heterocycles. The molecule has 2 aromatic heterocycles. The van der Waals surface area contributed by atoms with Crippen molar-refractivity contribution in [3.8, 4) is 27.3 Å². The maximum Gasteiger partial charge on any atom is 0.252 e. The van der Waals surface area contributed by atoms with Crippen molar-refractivity contribution in [2.45, 2.75) is 26.4 Å². The van der Waals surface area contributed by atoms with E-state index in [1.165, 1.54) is 0 Å². The molecule has 0 saturated carbocycles. The van der Waals surface area contributed by atoms with Gasteiger partial charge in [0.1, 0.15) is 12.4 Å². The van der Waals surface area contributed by atoms with Crippen molar-refractivity contribution in [1.29, 1.82) is 0 Å². The summed E-state index contributed by atoms with van der Waals surface area (Å²) in [5, 5.41) is 18.9. The summed E-state index contributed by atoms with van der Waals surface area (Å²) < 4.78 is 7.58. The number of aryl methyl sites for hydroxylation is 1.